The van der Waals surface area contributed by atoms with Crippen LogP contribution in [0.25, 0.3) is 0 Å². The van der Waals surface area contributed by atoms with Crippen LogP contribution in [0.3, 0.4) is 0 Å². The summed E-state index contributed by atoms with van der Waals surface area (Å²) in [4.78, 5) is 12.7. The lowest BCUT2D eigenvalue weighted by molar-refractivity contribution is -0.385. The normalized spacial score (nSPS) is 21.4. The van der Waals surface area contributed by atoms with E-state index in [-0.39, 0.29) is 10.6 Å². The van der Waals surface area contributed by atoms with Crippen molar-refractivity contribution in [1.29, 1.82) is 0 Å². The van der Waals surface area contributed by atoms with Gasteiger partial charge in [-0.15, -0.1) is 0 Å². The van der Waals surface area contributed by atoms with Gasteiger partial charge in [0.1, 0.15) is 0 Å². The van der Waals surface area contributed by atoms with Crippen molar-refractivity contribution >= 4 is 5.69 Å². The highest BCUT2D eigenvalue weighted by Gasteiger charge is 2.21. The zero-order chi connectivity index (χ0) is 12.4. The van der Waals surface area contributed by atoms with Crippen molar-refractivity contribution in [2.24, 2.45) is 0 Å². The topological polar surface area (TPSA) is 58.4 Å². The van der Waals surface area contributed by atoms with Crippen molar-refractivity contribution < 1.29 is 4.92 Å². The van der Waals surface area contributed by atoms with Gasteiger partial charge in [-0.05, 0) is 25.6 Å². The molecule has 2 rings (SSSR count). The predicted molar refractivity (Wildman–Crippen MR) is 66.1 cm³/mol. The van der Waals surface area contributed by atoms with Crippen LogP contribution >= 0.6 is 0 Å². The third kappa shape index (κ3) is 2.45. The Bertz CT molecular complexity index is 434. The Labute approximate surface area is 101 Å². The van der Waals surface area contributed by atoms with Crippen LogP contribution in [-0.2, 0) is 0 Å². The summed E-state index contributed by atoms with van der Waals surface area (Å²) in [6.45, 7) is 4.69. The number of benzene rings is 1. The number of hydrogen-bond donors (Lipinski definition) is 1. The fourth-order valence-corrected chi connectivity index (χ4v) is 2.27. The number of hydrogen-bond acceptors (Lipinski definition) is 4. The van der Waals surface area contributed by atoms with Gasteiger partial charge in [0.15, 0.2) is 0 Å². The first kappa shape index (κ1) is 12.0. The second-order valence-electron chi connectivity index (χ2n) is 4.50. The maximum Gasteiger partial charge on any atom is 0.272 e. The molecule has 0 radical (unpaired) electrons. The van der Waals surface area contributed by atoms with Gasteiger partial charge in [-0.3, -0.25) is 15.0 Å². The Balaban J connectivity index is 2.27. The summed E-state index contributed by atoms with van der Waals surface area (Å²) in [5.41, 5.74) is 2.06. The van der Waals surface area contributed by atoms with Gasteiger partial charge in [-0.2, -0.15) is 0 Å². The third-order valence-corrected chi connectivity index (χ3v) is 3.31. The maximum absolute atomic E-state index is 10.8. The van der Waals surface area contributed by atoms with Gasteiger partial charge in [0.05, 0.1) is 4.92 Å². The van der Waals surface area contributed by atoms with Crippen molar-refractivity contribution in [2.45, 2.75) is 13.0 Å². The number of rotatable bonds is 2. The van der Waals surface area contributed by atoms with E-state index in [1.165, 1.54) is 0 Å². The highest BCUT2D eigenvalue weighted by Crippen LogP contribution is 2.26. The SMILES string of the molecule is Cc1cc(C2CNCCN2C)ccc1[N+](=O)[O-]. The minimum atomic E-state index is -0.331. The van der Waals surface area contributed by atoms with E-state index in [2.05, 4.69) is 17.3 Å². The zero-order valence-corrected chi connectivity index (χ0v) is 10.1. The Morgan fingerprint density at radius 1 is 1.53 bits per heavy atom. The molecule has 1 aliphatic rings. The summed E-state index contributed by atoms with van der Waals surface area (Å²) in [6, 6.07) is 5.70. The summed E-state index contributed by atoms with van der Waals surface area (Å²) in [5.74, 6) is 0. The molecule has 1 aliphatic heterocycles. The fourth-order valence-electron chi connectivity index (χ4n) is 2.27. The molecule has 17 heavy (non-hydrogen) atoms. The Hall–Kier alpha value is -1.46. The largest absolute Gasteiger partial charge is 0.314 e. The minimum Gasteiger partial charge on any atom is -0.314 e. The molecule has 1 saturated heterocycles. The van der Waals surface area contributed by atoms with E-state index in [0.29, 0.717) is 6.04 Å². The van der Waals surface area contributed by atoms with Crippen LogP contribution in [0.4, 0.5) is 5.69 Å². The van der Waals surface area contributed by atoms with Crippen LogP contribution in [0, 0.1) is 17.0 Å². The van der Waals surface area contributed by atoms with Crippen LogP contribution in [0.1, 0.15) is 17.2 Å². The van der Waals surface area contributed by atoms with Crippen molar-refractivity contribution in [1.82, 2.24) is 10.2 Å². The Morgan fingerprint density at radius 3 is 2.88 bits per heavy atom. The molecule has 5 heteroatoms. The van der Waals surface area contributed by atoms with E-state index in [1.807, 2.05) is 12.1 Å². The molecule has 5 nitrogen and oxygen atoms in total. The predicted octanol–water partition coefficient (Wildman–Crippen LogP) is 1.48. The number of nitrogens with one attached hydrogen (secondary N) is 1. The number of nitro groups is 1. The maximum atomic E-state index is 10.8. The van der Waals surface area contributed by atoms with Gasteiger partial charge < -0.3 is 5.32 Å². The third-order valence-electron chi connectivity index (χ3n) is 3.31. The van der Waals surface area contributed by atoms with Gasteiger partial charge in [-0.25, -0.2) is 0 Å². The standard InChI is InChI=1S/C12H17N3O2/c1-9-7-10(3-4-11(9)15(16)17)12-8-13-5-6-14(12)2/h3-4,7,12-13H,5-6,8H2,1-2H3. The van der Waals surface area contributed by atoms with Crippen molar-refractivity contribution in [2.75, 3.05) is 26.7 Å². The highest BCUT2D eigenvalue weighted by atomic mass is 16.6. The summed E-state index contributed by atoms with van der Waals surface area (Å²) in [5, 5.41) is 14.1. The molecule has 0 bridgehead atoms. The van der Waals surface area contributed by atoms with Crippen molar-refractivity contribution in [3.63, 3.8) is 0 Å². The molecule has 1 unspecified atom stereocenters. The van der Waals surface area contributed by atoms with Crippen LogP contribution in [0.5, 0.6) is 0 Å². The summed E-state index contributed by atoms with van der Waals surface area (Å²) >= 11 is 0. The monoisotopic (exact) mass is 235 g/mol. The smallest absolute Gasteiger partial charge is 0.272 e. The van der Waals surface area contributed by atoms with Gasteiger partial charge >= 0.3 is 0 Å². The van der Waals surface area contributed by atoms with Gasteiger partial charge in [0, 0.05) is 37.3 Å². The van der Waals surface area contributed by atoms with Gasteiger partial charge in [-0.1, -0.05) is 6.07 Å². The molecule has 0 spiro atoms. The van der Waals surface area contributed by atoms with Crippen LogP contribution in [0.15, 0.2) is 18.2 Å². The molecule has 1 atom stereocenters. The lowest BCUT2D eigenvalue weighted by Gasteiger charge is -2.33. The summed E-state index contributed by atoms with van der Waals surface area (Å²) in [7, 11) is 2.09. The molecular formula is C12H17N3O2. The van der Waals surface area contributed by atoms with E-state index in [9.17, 15) is 10.1 Å². The molecule has 1 aromatic carbocycles. The quantitative estimate of drug-likeness (QED) is 0.623. The Kier molecular flexibility index (Phi) is 3.40. The summed E-state index contributed by atoms with van der Waals surface area (Å²) in [6.07, 6.45) is 0. The summed E-state index contributed by atoms with van der Waals surface area (Å²) < 4.78 is 0. The van der Waals surface area contributed by atoms with Crippen LogP contribution in [0.2, 0.25) is 0 Å². The fraction of sp³-hybridized carbons (Fsp3) is 0.500. The van der Waals surface area contributed by atoms with E-state index in [0.717, 1.165) is 30.8 Å². The number of aryl methyl sites for hydroxylation is 1. The van der Waals surface area contributed by atoms with E-state index < -0.39 is 0 Å². The number of nitro benzene ring substituents is 1. The molecule has 0 amide bonds. The second-order valence-corrected chi connectivity index (χ2v) is 4.50. The van der Waals surface area contributed by atoms with Crippen LogP contribution < -0.4 is 5.32 Å². The molecule has 1 fully saturated rings. The van der Waals surface area contributed by atoms with Crippen LogP contribution in [-0.4, -0.2) is 36.5 Å². The van der Waals surface area contributed by atoms with E-state index in [4.69, 9.17) is 0 Å². The zero-order valence-electron chi connectivity index (χ0n) is 10.1. The lowest BCUT2D eigenvalue weighted by atomic mass is 10.0. The highest BCUT2D eigenvalue weighted by molar-refractivity contribution is 5.42. The first-order valence-electron chi connectivity index (χ1n) is 5.75. The van der Waals surface area contributed by atoms with Gasteiger partial charge in [0.2, 0.25) is 0 Å². The molecule has 0 aliphatic carbocycles. The molecule has 92 valence electrons. The molecule has 1 N–H and O–H groups in total. The molecule has 1 heterocycles. The number of nitrogens with zero attached hydrogens (tertiary/aromatic N) is 2. The van der Waals surface area contributed by atoms with Crippen molar-refractivity contribution in [3.05, 3.63) is 39.4 Å². The van der Waals surface area contributed by atoms with Crippen molar-refractivity contribution in [3.8, 4) is 0 Å². The number of piperazine rings is 1. The average Bonchev–Trinajstić information content (AvgIpc) is 2.29. The second kappa shape index (κ2) is 4.81. The molecule has 0 saturated carbocycles. The van der Waals surface area contributed by atoms with E-state index in [1.54, 1.807) is 13.0 Å². The Morgan fingerprint density at radius 2 is 2.29 bits per heavy atom. The van der Waals surface area contributed by atoms with Gasteiger partial charge in [0.25, 0.3) is 5.69 Å². The first-order chi connectivity index (χ1) is 8.09. The lowest BCUT2D eigenvalue weighted by Crippen LogP contribution is -2.43. The molecule has 1 aromatic rings. The minimum absolute atomic E-state index is 0.195. The number of likely N-dealkylation sites (N-methyl/N-ethyl adjacent to an activating group) is 1. The van der Waals surface area contributed by atoms with E-state index >= 15 is 0 Å². The average molecular weight is 235 g/mol. The molecule has 0 aromatic heterocycles. The first-order valence-corrected chi connectivity index (χ1v) is 5.75. The molecular weight excluding hydrogens is 218 g/mol.